The van der Waals surface area contributed by atoms with Crippen molar-refractivity contribution >= 4 is 22.2 Å². The average molecular weight is 186 g/mol. The lowest BCUT2D eigenvalue weighted by molar-refractivity contribution is 0.591. The van der Waals surface area contributed by atoms with Gasteiger partial charge in [-0.25, -0.2) is 8.42 Å². The largest absolute Gasteiger partial charge is 0.330 e. The van der Waals surface area contributed by atoms with Gasteiger partial charge in [0, 0.05) is 0 Å². The van der Waals surface area contributed by atoms with Gasteiger partial charge in [0.05, 0.1) is 11.5 Å². The van der Waals surface area contributed by atoms with E-state index in [4.69, 9.17) is 5.73 Å². The summed E-state index contributed by atoms with van der Waals surface area (Å²) in [5.74, 6) is 0.883. The van der Waals surface area contributed by atoms with Gasteiger partial charge in [-0.1, -0.05) is 0 Å². The van der Waals surface area contributed by atoms with E-state index in [0.717, 1.165) is 6.42 Å². The Morgan fingerprint density at radius 3 is 2.30 bits per heavy atom. The fourth-order valence-corrected chi connectivity index (χ4v) is 2.94. The van der Waals surface area contributed by atoms with Crippen LogP contribution in [0.25, 0.3) is 0 Å². The molecule has 1 fully saturated rings. The number of sulfone groups is 1. The van der Waals surface area contributed by atoms with Gasteiger partial charge in [0.1, 0.15) is 0 Å². The minimum Gasteiger partial charge on any atom is -0.330 e. The Kier molecular flexibility index (Phi) is 3.62. The first-order valence-electron chi connectivity index (χ1n) is 3.04. The zero-order chi connectivity index (χ0) is 6.91. The number of hydrogen-bond acceptors (Lipinski definition) is 3. The summed E-state index contributed by atoms with van der Waals surface area (Å²) >= 11 is 0. The monoisotopic (exact) mass is 185 g/mol. The molecule has 1 atom stereocenters. The van der Waals surface area contributed by atoms with Crippen LogP contribution >= 0.6 is 12.4 Å². The van der Waals surface area contributed by atoms with Gasteiger partial charge in [-0.3, -0.25) is 0 Å². The second kappa shape index (κ2) is 3.55. The molecule has 3 nitrogen and oxygen atoms in total. The Morgan fingerprint density at radius 1 is 1.50 bits per heavy atom. The minimum absolute atomic E-state index is 0. The highest BCUT2D eigenvalue weighted by atomic mass is 35.5. The molecule has 1 rings (SSSR count). The third-order valence-electron chi connectivity index (χ3n) is 1.66. The molecule has 2 N–H and O–H groups in total. The number of nitrogens with two attached hydrogens (primary N) is 1. The zero-order valence-corrected chi connectivity index (χ0v) is 7.25. The van der Waals surface area contributed by atoms with E-state index >= 15 is 0 Å². The quantitative estimate of drug-likeness (QED) is 0.616. The van der Waals surface area contributed by atoms with Gasteiger partial charge >= 0.3 is 0 Å². The van der Waals surface area contributed by atoms with E-state index in [2.05, 4.69) is 0 Å². The molecule has 0 amide bonds. The van der Waals surface area contributed by atoms with Crippen LogP contribution in [0.3, 0.4) is 0 Å². The maximum Gasteiger partial charge on any atom is 0.150 e. The molecule has 1 aliphatic heterocycles. The summed E-state index contributed by atoms with van der Waals surface area (Å²) in [6.07, 6.45) is 0.763. The molecule has 10 heavy (non-hydrogen) atoms. The highest BCUT2D eigenvalue weighted by molar-refractivity contribution is 7.91. The second-order valence-electron chi connectivity index (χ2n) is 2.50. The zero-order valence-electron chi connectivity index (χ0n) is 5.62. The van der Waals surface area contributed by atoms with Crippen molar-refractivity contribution in [3.63, 3.8) is 0 Å². The van der Waals surface area contributed by atoms with E-state index in [0.29, 0.717) is 18.1 Å². The first kappa shape index (κ1) is 10.2. The molecule has 0 aromatic carbocycles. The Hall–Kier alpha value is 0.200. The van der Waals surface area contributed by atoms with Crippen molar-refractivity contribution in [2.75, 3.05) is 18.1 Å². The second-order valence-corrected chi connectivity index (χ2v) is 4.73. The van der Waals surface area contributed by atoms with E-state index in [1.807, 2.05) is 0 Å². The van der Waals surface area contributed by atoms with Crippen LogP contribution in [0.1, 0.15) is 6.42 Å². The summed E-state index contributed by atoms with van der Waals surface area (Å²) in [7, 11) is -2.69. The highest BCUT2D eigenvalue weighted by Gasteiger charge is 2.26. The van der Waals surface area contributed by atoms with E-state index in [9.17, 15) is 8.42 Å². The van der Waals surface area contributed by atoms with Crippen LogP contribution in [0.4, 0.5) is 0 Å². The molecule has 1 unspecified atom stereocenters. The lowest BCUT2D eigenvalue weighted by Gasteiger charge is -1.98. The molecule has 5 heteroatoms. The summed E-state index contributed by atoms with van der Waals surface area (Å²) in [5.41, 5.74) is 5.29. The van der Waals surface area contributed by atoms with Gasteiger partial charge in [0.2, 0.25) is 0 Å². The third kappa shape index (κ3) is 2.44. The average Bonchev–Trinajstić information content (AvgIpc) is 2.10. The van der Waals surface area contributed by atoms with Crippen molar-refractivity contribution < 1.29 is 8.42 Å². The molecule has 62 valence electrons. The van der Waals surface area contributed by atoms with Crippen molar-refractivity contribution in [2.24, 2.45) is 11.7 Å². The SMILES string of the molecule is Cl.NCC1CCS(=O)(=O)C1. The predicted octanol–water partition coefficient (Wildman–Crippen LogP) is -0.198. The topological polar surface area (TPSA) is 60.2 Å². The Balaban J connectivity index is 0.000000810. The third-order valence-corrected chi connectivity index (χ3v) is 3.50. The molecule has 0 spiro atoms. The van der Waals surface area contributed by atoms with Crippen molar-refractivity contribution in [3.05, 3.63) is 0 Å². The van der Waals surface area contributed by atoms with Crippen LogP contribution in [0, 0.1) is 5.92 Å². The van der Waals surface area contributed by atoms with E-state index in [-0.39, 0.29) is 18.3 Å². The highest BCUT2D eigenvalue weighted by Crippen LogP contribution is 2.16. The van der Waals surface area contributed by atoms with Crippen LogP contribution < -0.4 is 5.73 Å². The number of rotatable bonds is 1. The Labute approximate surface area is 67.3 Å². The van der Waals surface area contributed by atoms with E-state index in [1.165, 1.54) is 0 Å². The molecule has 0 aromatic rings. The summed E-state index contributed by atoms with van der Waals surface area (Å²) in [6.45, 7) is 0.513. The predicted molar refractivity (Wildman–Crippen MR) is 43.1 cm³/mol. The van der Waals surface area contributed by atoms with Crippen molar-refractivity contribution in [1.82, 2.24) is 0 Å². The minimum atomic E-state index is -2.69. The first-order chi connectivity index (χ1) is 4.14. The summed E-state index contributed by atoms with van der Waals surface area (Å²) in [5, 5.41) is 0. The normalized spacial score (nSPS) is 29.5. The van der Waals surface area contributed by atoms with Crippen LogP contribution in [0.15, 0.2) is 0 Å². The van der Waals surface area contributed by atoms with Crippen LogP contribution in [0.2, 0.25) is 0 Å². The van der Waals surface area contributed by atoms with Gasteiger partial charge in [-0.2, -0.15) is 0 Å². The number of hydrogen-bond donors (Lipinski definition) is 1. The van der Waals surface area contributed by atoms with Gasteiger partial charge in [-0.15, -0.1) is 12.4 Å². The molecule has 1 heterocycles. The molecule has 0 aromatic heterocycles. The molecule has 0 radical (unpaired) electrons. The maximum atomic E-state index is 10.7. The van der Waals surface area contributed by atoms with Crippen molar-refractivity contribution in [3.8, 4) is 0 Å². The van der Waals surface area contributed by atoms with E-state index < -0.39 is 9.84 Å². The lowest BCUT2D eigenvalue weighted by atomic mass is 10.1. The van der Waals surface area contributed by atoms with Gasteiger partial charge in [0.25, 0.3) is 0 Å². The van der Waals surface area contributed by atoms with Crippen molar-refractivity contribution in [1.29, 1.82) is 0 Å². The molecule has 0 aliphatic carbocycles. The fraction of sp³-hybridized carbons (Fsp3) is 1.00. The standard InChI is InChI=1S/C5H11NO2S.ClH/c6-3-5-1-2-9(7,8)4-5;/h5H,1-4,6H2;1H. The molecule has 1 saturated heterocycles. The molecule has 0 saturated carbocycles. The molecule has 1 aliphatic rings. The molecular weight excluding hydrogens is 174 g/mol. The summed E-state index contributed by atoms with van der Waals surface area (Å²) < 4.78 is 21.5. The van der Waals surface area contributed by atoms with E-state index in [1.54, 1.807) is 0 Å². The van der Waals surface area contributed by atoms with Crippen LogP contribution in [-0.4, -0.2) is 26.5 Å². The van der Waals surface area contributed by atoms with Crippen molar-refractivity contribution in [2.45, 2.75) is 6.42 Å². The van der Waals surface area contributed by atoms with Crippen LogP contribution in [0.5, 0.6) is 0 Å². The summed E-state index contributed by atoms with van der Waals surface area (Å²) in [4.78, 5) is 0. The fourth-order valence-electron chi connectivity index (χ4n) is 1.06. The lowest BCUT2D eigenvalue weighted by Crippen LogP contribution is -2.15. The Morgan fingerprint density at radius 2 is 2.10 bits per heavy atom. The van der Waals surface area contributed by atoms with Gasteiger partial charge < -0.3 is 5.73 Å². The smallest absolute Gasteiger partial charge is 0.150 e. The van der Waals surface area contributed by atoms with Gasteiger partial charge in [0.15, 0.2) is 9.84 Å². The van der Waals surface area contributed by atoms with Gasteiger partial charge in [-0.05, 0) is 18.9 Å². The maximum absolute atomic E-state index is 10.7. The first-order valence-corrected chi connectivity index (χ1v) is 4.87. The molecular formula is C5H12ClNO2S. The Bertz CT molecular complexity index is 190. The molecule has 0 bridgehead atoms. The van der Waals surface area contributed by atoms with Crippen LogP contribution in [-0.2, 0) is 9.84 Å². The summed E-state index contributed by atoms with van der Waals surface area (Å²) in [6, 6.07) is 0. The number of halogens is 1.